The highest BCUT2D eigenvalue weighted by molar-refractivity contribution is 6.08. The van der Waals surface area contributed by atoms with Gasteiger partial charge in [0, 0.05) is 24.2 Å². The molecule has 0 bridgehead atoms. The van der Waals surface area contributed by atoms with Crippen LogP contribution in [0.25, 0.3) is 10.9 Å². The third-order valence-electron chi connectivity index (χ3n) is 4.49. The number of ether oxygens (including phenoxy) is 1. The number of aromatic nitrogens is 1. The molecule has 122 valence electrons. The zero-order chi connectivity index (χ0) is 16.6. The predicted molar refractivity (Wildman–Crippen MR) is 87.7 cm³/mol. The number of carbonyl (C=O) groups is 2. The van der Waals surface area contributed by atoms with Crippen molar-refractivity contribution < 1.29 is 14.3 Å². The molecule has 0 atom stereocenters. The molecule has 2 amide bonds. The van der Waals surface area contributed by atoms with Crippen molar-refractivity contribution in [3.05, 3.63) is 29.0 Å². The maximum atomic E-state index is 12.3. The Labute approximate surface area is 134 Å². The van der Waals surface area contributed by atoms with Gasteiger partial charge in [-0.05, 0) is 50.8 Å². The van der Waals surface area contributed by atoms with Crippen LogP contribution in [0.1, 0.15) is 40.9 Å². The molecule has 1 aliphatic heterocycles. The molecule has 2 heterocycles. The number of hydrogen-bond donors (Lipinski definition) is 2. The first-order chi connectivity index (χ1) is 11.0. The number of aromatic amines is 1. The van der Waals surface area contributed by atoms with E-state index in [2.05, 4.69) is 4.98 Å². The Bertz CT molecular complexity index is 773. The second-order valence-electron chi connectivity index (χ2n) is 6.02. The summed E-state index contributed by atoms with van der Waals surface area (Å²) in [6.07, 6.45) is 2.83. The summed E-state index contributed by atoms with van der Waals surface area (Å²) >= 11 is 0. The average Bonchev–Trinajstić information content (AvgIpc) is 2.84. The Morgan fingerprint density at radius 2 is 1.87 bits per heavy atom. The van der Waals surface area contributed by atoms with Gasteiger partial charge in [0.2, 0.25) is 0 Å². The van der Waals surface area contributed by atoms with E-state index in [1.54, 1.807) is 17.0 Å². The second kappa shape index (κ2) is 5.95. The molecule has 0 radical (unpaired) electrons. The highest BCUT2D eigenvalue weighted by atomic mass is 16.6. The molecule has 1 saturated heterocycles. The number of nitrogens with zero attached hydrogens (tertiary/aromatic N) is 1. The summed E-state index contributed by atoms with van der Waals surface area (Å²) < 4.78 is 5.61. The minimum atomic E-state index is -0.509. The van der Waals surface area contributed by atoms with Gasteiger partial charge < -0.3 is 20.4 Å². The summed E-state index contributed by atoms with van der Waals surface area (Å²) in [5.74, 6) is -0.0485. The van der Waals surface area contributed by atoms with Crippen LogP contribution in [-0.2, 0) is 0 Å². The molecule has 0 unspecified atom stereocenters. The number of fused-ring (bicyclic) bond motifs is 1. The van der Waals surface area contributed by atoms with E-state index in [1.165, 1.54) is 0 Å². The lowest BCUT2D eigenvalue weighted by atomic mass is 10.1. The number of nitrogens with two attached hydrogens (primary N) is 1. The maximum absolute atomic E-state index is 12.3. The van der Waals surface area contributed by atoms with Gasteiger partial charge in [-0.3, -0.25) is 4.79 Å². The number of likely N-dealkylation sites (tertiary alicyclic amines) is 1. The van der Waals surface area contributed by atoms with E-state index < -0.39 is 5.91 Å². The molecule has 6 heteroatoms. The molecule has 1 aliphatic rings. The van der Waals surface area contributed by atoms with Crippen LogP contribution < -0.4 is 10.5 Å². The van der Waals surface area contributed by atoms with Crippen molar-refractivity contribution in [3.8, 4) is 5.75 Å². The van der Waals surface area contributed by atoms with Gasteiger partial charge in [0.25, 0.3) is 5.91 Å². The van der Waals surface area contributed by atoms with E-state index in [1.807, 2.05) is 13.8 Å². The maximum Gasteiger partial charge on any atom is 0.415 e. The van der Waals surface area contributed by atoms with Gasteiger partial charge in [-0.15, -0.1) is 0 Å². The molecule has 0 saturated carbocycles. The molecule has 2 aromatic rings. The summed E-state index contributed by atoms with van der Waals surface area (Å²) in [7, 11) is 0. The van der Waals surface area contributed by atoms with Crippen LogP contribution >= 0.6 is 0 Å². The minimum absolute atomic E-state index is 0.337. The van der Waals surface area contributed by atoms with Gasteiger partial charge in [-0.25, -0.2) is 4.79 Å². The van der Waals surface area contributed by atoms with E-state index in [0.29, 0.717) is 16.8 Å². The van der Waals surface area contributed by atoms with Crippen molar-refractivity contribution in [1.82, 2.24) is 9.88 Å². The zero-order valence-electron chi connectivity index (χ0n) is 13.4. The van der Waals surface area contributed by atoms with Gasteiger partial charge in [-0.2, -0.15) is 0 Å². The van der Waals surface area contributed by atoms with Crippen LogP contribution in [0.5, 0.6) is 5.75 Å². The van der Waals surface area contributed by atoms with E-state index in [-0.39, 0.29) is 6.09 Å². The Kier molecular flexibility index (Phi) is 3.98. The normalized spacial score (nSPS) is 15.0. The lowest BCUT2D eigenvalue weighted by Crippen LogP contribution is -2.37. The standard InChI is InChI=1S/C17H21N3O3/c1-10-11(2)19-15-12(16(18)21)6-7-13(14(10)15)23-17(22)20-8-4-3-5-9-20/h6-7,19H,3-5,8-9H2,1-2H3,(H2,18,21). The average molecular weight is 315 g/mol. The number of carbonyl (C=O) groups excluding carboxylic acids is 2. The number of piperidine rings is 1. The van der Waals surface area contributed by atoms with Crippen molar-refractivity contribution in [1.29, 1.82) is 0 Å². The lowest BCUT2D eigenvalue weighted by molar-refractivity contribution is 0.100. The van der Waals surface area contributed by atoms with Crippen molar-refractivity contribution >= 4 is 22.9 Å². The smallest absolute Gasteiger partial charge is 0.409 e. The lowest BCUT2D eigenvalue weighted by Gasteiger charge is -2.25. The van der Waals surface area contributed by atoms with Crippen LogP contribution in [-0.4, -0.2) is 35.0 Å². The van der Waals surface area contributed by atoms with Gasteiger partial charge in [0.15, 0.2) is 0 Å². The fourth-order valence-electron chi connectivity index (χ4n) is 3.08. The van der Waals surface area contributed by atoms with Gasteiger partial charge in [0.05, 0.1) is 11.1 Å². The van der Waals surface area contributed by atoms with E-state index in [0.717, 1.165) is 49.0 Å². The minimum Gasteiger partial charge on any atom is -0.409 e. The quantitative estimate of drug-likeness (QED) is 0.893. The molecule has 3 N–H and O–H groups in total. The molecule has 1 aromatic carbocycles. The molecule has 0 aliphatic carbocycles. The second-order valence-corrected chi connectivity index (χ2v) is 6.02. The molecule has 0 spiro atoms. The van der Waals surface area contributed by atoms with Crippen molar-refractivity contribution in [3.63, 3.8) is 0 Å². The fourth-order valence-corrected chi connectivity index (χ4v) is 3.08. The summed E-state index contributed by atoms with van der Waals surface area (Å²) in [5.41, 5.74) is 8.32. The van der Waals surface area contributed by atoms with Crippen molar-refractivity contribution in [2.24, 2.45) is 5.73 Å². The third-order valence-corrected chi connectivity index (χ3v) is 4.49. The summed E-state index contributed by atoms with van der Waals surface area (Å²) in [5, 5.41) is 0.740. The number of nitrogens with one attached hydrogen (secondary N) is 1. The number of aryl methyl sites for hydroxylation is 2. The predicted octanol–water partition coefficient (Wildman–Crippen LogP) is 2.87. The molecular formula is C17H21N3O3. The number of H-pyrrole nitrogens is 1. The van der Waals surface area contributed by atoms with Crippen molar-refractivity contribution in [2.75, 3.05) is 13.1 Å². The van der Waals surface area contributed by atoms with Crippen LogP contribution in [0.4, 0.5) is 4.79 Å². The Morgan fingerprint density at radius 3 is 2.52 bits per heavy atom. The first-order valence-corrected chi connectivity index (χ1v) is 7.87. The van der Waals surface area contributed by atoms with Gasteiger partial charge in [-0.1, -0.05) is 0 Å². The Balaban J connectivity index is 1.99. The largest absolute Gasteiger partial charge is 0.415 e. The number of rotatable bonds is 2. The molecule has 3 rings (SSSR count). The van der Waals surface area contributed by atoms with Crippen LogP contribution in [0, 0.1) is 13.8 Å². The first kappa shape index (κ1) is 15.4. The first-order valence-electron chi connectivity index (χ1n) is 7.87. The highest BCUT2D eigenvalue weighted by Crippen LogP contribution is 2.33. The Morgan fingerprint density at radius 1 is 1.17 bits per heavy atom. The number of amides is 2. The van der Waals surface area contributed by atoms with Crippen molar-refractivity contribution in [2.45, 2.75) is 33.1 Å². The summed E-state index contributed by atoms with van der Waals surface area (Å²) in [6, 6.07) is 3.24. The zero-order valence-corrected chi connectivity index (χ0v) is 13.4. The number of primary amides is 1. The molecule has 23 heavy (non-hydrogen) atoms. The fraction of sp³-hybridized carbons (Fsp3) is 0.412. The summed E-state index contributed by atoms with van der Waals surface area (Å²) in [4.78, 5) is 28.8. The third kappa shape index (κ3) is 2.76. The Hall–Kier alpha value is -2.50. The number of benzene rings is 1. The van der Waals surface area contributed by atoms with E-state index in [9.17, 15) is 9.59 Å². The SMILES string of the molecule is Cc1[nH]c2c(C(N)=O)ccc(OC(=O)N3CCCCC3)c2c1C. The van der Waals surface area contributed by atoms with Crippen LogP contribution in [0.3, 0.4) is 0 Å². The van der Waals surface area contributed by atoms with E-state index >= 15 is 0 Å². The molecular weight excluding hydrogens is 294 g/mol. The van der Waals surface area contributed by atoms with Gasteiger partial charge in [0.1, 0.15) is 5.75 Å². The van der Waals surface area contributed by atoms with E-state index in [4.69, 9.17) is 10.5 Å². The van der Waals surface area contributed by atoms with Crippen LogP contribution in [0.15, 0.2) is 12.1 Å². The molecule has 1 fully saturated rings. The highest BCUT2D eigenvalue weighted by Gasteiger charge is 2.22. The topological polar surface area (TPSA) is 88.4 Å². The molecule has 6 nitrogen and oxygen atoms in total. The van der Waals surface area contributed by atoms with Gasteiger partial charge >= 0.3 is 6.09 Å². The number of hydrogen-bond acceptors (Lipinski definition) is 3. The van der Waals surface area contributed by atoms with Crippen LogP contribution in [0.2, 0.25) is 0 Å². The summed E-state index contributed by atoms with van der Waals surface area (Å²) in [6.45, 7) is 5.30. The molecule has 1 aromatic heterocycles. The monoisotopic (exact) mass is 315 g/mol.